The highest BCUT2D eigenvalue weighted by Gasteiger charge is 2.30. The Hall–Kier alpha value is -1.63. The van der Waals surface area contributed by atoms with Gasteiger partial charge in [-0.1, -0.05) is 34.7 Å². The van der Waals surface area contributed by atoms with Crippen LogP contribution in [0.2, 0.25) is 5.02 Å². The number of hydrogen-bond donors (Lipinski definition) is 2. The summed E-state index contributed by atoms with van der Waals surface area (Å²) in [4.78, 5) is 14.1. The third-order valence-electron chi connectivity index (χ3n) is 4.38. The number of anilines is 1. The van der Waals surface area contributed by atoms with Gasteiger partial charge < -0.3 is 10.0 Å². The summed E-state index contributed by atoms with van der Waals surface area (Å²) in [6, 6.07) is 7.36. The third kappa shape index (κ3) is 4.66. The van der Waals surface area contributed by atoms with Crippen LogP contribution in [0.5, 0.6) is 0 Å². The average Bonchev–Trinajstić information content (AvgIpc) is 3.30. The molecule has 158 valence electrons. The van der Waals surface area contributed by atoms with Crippen molar-refractivity contribution in [1.29, 1.82) is 0 Å². The lowest BCUT2D eigenvalue weighted by Gasteiger charge is -2.17. The summed E-state index contributed by atoms with van der Waals surface area (Å²) in [5, 5.41) is 13.5. The third-order valence-corrected chi connectivity index (χ3v) is 8.71. The van der Waals surface area contributed by atoms with Crippen LogP contribution >= 0.6 is 46.0 Å². The minimum Gasteiger partial charge on any atom is -0.480 e. The number of carboxylic acids is 1. The zero-order valence-corrected chi connectivity index (χ0v) is 19.3. The quantitative estimate of drug-likeness (QED) is 0.368. The molecule has 0 saturated carbocycles. The van der Waals surface area contributed by atoms with Gasteiger partial charge >= 0.3 is 5.97 Å². The number of thioether (sulfide) groups is 1. The molecule has 0 bridgehead atoms. The molecule has 0 aliphatic carbocycles. The minimum atomic E-state index is -4.03. The molecule has 4 rings (SSSR count). The molecule has 0 unspecified atom stereocenters. The number of rotatable bonds is 7. The van der Waals surface area contributed by atoms with E-state index in [1.165, 1.54) is 11.8 Å². The molecule has 3 aromatic rings. The molecule has 1 aliphatic rings. The number of fused-ring (bicyclic) bond motifs is 2. The van der Waals surface area contributed by atoms with Crippen molar-refractivity contribution < 1.29 is 27.4 Å². The number of halogens is 1. The van der Waals surface area contributed by atoms with E-state index in [9.17, 15) is 18.3 Å². The number of benzene rings is 1. The number of nitrogens with zero attached hydrogens (tertiary/aromatic N) is 2. The Bertz CT molecular complexity index is 1260. The Morgan fingerprint density at radius 1 is 1.30 bits per heavy atom. The Morgan fingerprint density at radius 3 is 2.83 bits per heavy atom. The summed E-state index contributed by atoms with van der Waals surface area (Å²) in [5.74, 6) is -1.27. The molecule has 2 aromatic heterocycles. The first-order chi connectivity index (χ1) is 14.2. The number of thiophene rings is 1. The van der Waals surface area contributed by atoms with Crippen molar-refractivity contribution in [2.45, 2.75) is 17.9 Å². The monoisotopic (exact) mass is 503 g/mol. The smallest absolute Gasteiger partial charge is 0.323 e. The van der Waals surface area contributed by atoms with Gasteiger partial charge in [0.2, 0.25) is 5.52 Å². The summed E-state index contributed by atoms with van der Waals surface area (Å²) < 4.78 is 34.3. The Balaban J connectivity index is 1.72. The summed E-state index contributed by atoms with van der Waals surface area (Å²) in [5.41, 5.74) is 1.73. The first kappa shape index (κ1) is 21.6. The summed E-state index contributed by atoms with van der Waals surface area (Å²) >= 11 is 10.7. The first-order valence-corrected chi connectivity index (χ1v) is 13.2. The molecular weight excluding hydrogens is 488 g/mol. The van der Waals surface area contributed by atoms with Gasteiger partial charge in [0.25, 0.3) is 15.1 Å². The topological polar surface area (TPSA) is 98.8 Å². The molecule has 30 heavy (non-hydrogen) atoms. The number of aryl methyl sites for hydroxylation is 1. The highest BCUT2D eigenvalue weighted by Crippen LogP contribution is 2.47. The maximum atomic E-state index is 11.5. The summed E-state index contributed by atoms with van der Waals surface area (Å²) in [7, 11) is -4.03. The van der Waals surface area contributed by atoms with Gasteiger partial charge in [0.05, 0.1) is 22.5 Å². The molecule has 0 fully saturated rings. The fraction of sp³-hybridized carbons (Fsp3) is 0.222. The van der Waals surface area contributed by atoms with Gasteiger partial charge in [0.1, 0.15) is 6.54 Å². The number of carbonyl (C=O) groups is 1. The van der Waals surface area contributed by atoms with Gasteiger partial charge in [-0.05, 0) is 23.6 Å². The molecule has 2 N–H and O–H groups in total. The van der Waals surface area contributed by atoms with Crippen LogP contribution in [-0.2, 0) is 21.5 Å². The van der Waals surface area contributed by atoms with E-state index in [0.717, 1.165) is 30.1 Å². The molecule has 0 radical (unpaired) electrons. The normalized spacial score (nSPS) is 15.3. The Labute approximate surface area is 190 Å². The molecule has 0 saturated heterocycles. The number of carboxylic acid groups (broad SMARTS) is 1. The zero-order chi connectivity index (χ0) is 21.5. The van der Waals surface area contributed by atoms with Crippen LogP contribution in [0.4, 0.5) is 5.69 Å². The predicted octanol–water partition coefficient (Wildman–Crippen LogP) is 4.18. The van der Waals surface area contributed by atoms with Gasteiger partial charge in [-0.25, -0.2) is 0 Å². The van der Waals surface area contributed by atoms with Crippen molar-refractivity contribution in [2.75, 3.05) is 17.2 Å². The van der Waals surface area contributed by atoms with E-state index in [2.05, 4.69) is 0 Å². The second-order valence-corrected chi connectivity index (χ2v) is 11.8. The van der Waals surface area contributed by atoms with E-state index in [-0.39, 0.29) is 18.7 Å². The second-order valence-electron chi connectivity index (χ2n) is 6.50. The van der Waals surface area contributed by atoms with Gasteiger partial charge in [-0.3, -0.25) is 9.35 Å². The molecule has 0 amide bonds. The van der Waals surface area contributed by atoms with Crippen LogP contribution in [0.25, 0.3) is 15.6 Å². The van der Waals surface area contributed by atoms with E-state index < -0.39 is 16.1 Å². The van der Waals surface area contributed by atoms with E-state index >= 15 is 0 Å². The van der Waals surface area contributed by atoms with Gasteiger partial charge in [0, 0.05) is 22.4 Å². The van der Waals surface area contributed by atoms with Crippen LogP contribution < -0.4 is 9.47 Å². The lowest BCUT2D eigenvalue weighted by molar-refractivity contribution is -0.668. The van der Waals surface area contributed by atoms with Crippen LogP contribution in [0.3, 0.4) is 0 Å². The zero-order valence-electron chi connectivity index (χ0n) is 15.3. The Kier molecular flexibility index (Phi) is 6.11. The Morgan fingerprint density at radius 2 is 2.10 bits per heavy atom. The van der Waals surface area contributed by atoms with Crippen molar-refractivity contribution in [3.05, 3.63) is 44.7 Å². The highest BCUT2D eigenvalue weighted by atomic mass is 35.5. The van der Waals surface area contributed by atoms with E-state index in [0.29, 0.717) is 11.6 Å². The second kappa shape index (κ2) is 8.48. The van der Waals surface area contributed by atoms with Crippen molar-refractivity contribution in [1.82, 2.24) is 0 Å². The molecule has 1 aliphatic heterocycles. The van der Waals surface area contributed by atoms with Gasteiger partial charge in [-0.2, -0.15) is 13.0 Å². The summed E-state index contributed by atoms with van der Waals surface area (Å²) in [6.07, 6.45) is 2.19. The molecule has 0 atom stereocenters. The van der Waals surface area contributed by atoms with Crippen LogP contribution in [0, 0.1) is 0 Å². The lowest BCUT2D eigenvalue weighted by Crippen LogP contribution is -2.36. The fourth-order valence-electron chi connectivity index (χ4n) is 3.16. The van der Waals surface area contributed by atoms with Crippen LogP contribution in [-0.4, -0.2) is 36.3 Å². The van der Waals surface area contributed by atoms with Crippen molar-refractivity contribution in [2.24, 2.45) is 0 Å². The molecule has 7 nitrogen and oxygen atoms in total. The lowest BCUT2D eigenvalue weighted by atomic mass is 10.3. The van der Waals surface area contributed by atoms with E-state index in [1.807, 2.05) is 28.2 Å². The molecular formula is C18H16ClN2O5S4+. The maximum Gasteiger partial charge on any atom is 0.323 e. The highest BCUT2D eigenvalue weighted by molar-refractivity contribution is 8.04. The number of aliphatic carboxylic acids is 1. The van der Waals surface area contributed by atoms with Crippen LogP contribution in [0.15, 0.2) is 39.6 Å². The maximum absolute atomic E-state index is 11.5. The standard InChI is InChI=1S/C18H15ClN2O5S4/c19-11-2-3-14-13(8-11)21(10-17(22)23)16(28-14)9-15-20(5-1-7-30(24,25)26)12-4-6-27-18(12)29-15/h2-4,6,8-9H,1,5,7,10H2,(H-,22,23,24,25,26)/p+1. The summed E-state index contributed by atoms with van der Waals surface area (Å²) in [6.45, 7) is 0.215. The number of aromatic nitrogens is 1. The predicted molar refractivity (Wildman–Crippen MR) is 121 cm³/mol. The SMILES string of the molecule is O=C(O)CN1C(=Cc2sc3sccc3[n+]2CCCS(=O)(=O)O)Sc2ccc(Cl)cc21. The van der Waals surface area contributed by atoms with E-state index in [1.54, 1.807) is 39.7 Å². The minimum absolute atomic E-state index is 0.200. The largest absolute Gasteiger partial charge is 0.480 e. The molecule has 12 heteroatoms. The fourth-order valence-corrected chi connectivity index (χ4v) is 7.15. The van der Waals surface area contributed by atoms with Crippen molar-refractivity contribution in [3.63, 3.8) is 0 Å². The van der Waals surface area contributed by atoms with Gasteiger partial charge in [0.15, 0.2) is 10.6 Å². The number of hydrogen-bond acceptors (Lipinski definition) is 7. The van der Waals surface area contributed by atoms with Crippen molar-refractivity contribution >= 4 is 83.4 Å². The van der Waals surface area contributed by atoms with Crippen molar-refractivity contribution in [3.8, 4) is 0 Å². The molecule has 1 aromatic carbocycles. The van der Waals surface area contributed by atoms with Crippen LogP contribution in [0.1, 0.15) is 11.4 Å². The molecule has 0 spiro atoms. The molecule has 3 heterocycles. The van der Waals surface area contributed by atoms with Gasteiger partial charge in [-0.15, -0.1) is 11.3 Å². The average molecular weight is 504 g/mol. The number of thiazole rings is 1. The first-order valence-electron chi connectivity index (χ1n) is 8.75. The van der Waals surface area contributed by atoms with E-state index in [4.69, 9.17) is 16.2 Å².